The Morgan fingerprint density at radius 2 is 1.93 bits per heavy atom. The number of pyridine rings is 1. The topological polar surface area (TPSA) is 25.4 Å². The predicted molar refractivity (Wildman–Crippen MR) is 47.9 cm³/mol. The van der Waals surface area contributed by atoms with E-state index in [1.54, 1.807) is 0 Å². The first-order valence-corrected chi connectivity index (χ1v) is 4.66. The zero-order chi connectivity index (χ0) is 11.3. The number of hydrogen-bond acceptors (Lipinski definition) is 2. The third-order valence-electron chi connectivity index (χ3n) is 2.14. The van der Waals surface area contributed by atoms with E-state index < -0.39 is 18.4 Å². The number of aromatic nitrogens is 1. The van der Waals surface area contributed by atoms with E-state index in [2.05, 4.69) is 9.72 Å². The molecule has 1 atom stereocenters. The van der Waals surface area contributed by atoms with E-state index in [1.165, 1.54) is 12.1 Å². The van der Waals surface area contributed by atoms with Gasteiger partial charge in [-0.1, -0.05) is 23.2 Å². The summed E-state index contributed by atoms with van der Waals surface area (Å²) in [7, 11) is 0. The van der Waals surface area contributed by atoms with Gasteiger partial charge in [-0.3, -0.25) is 0 Å². The molecule has 0 radical (unpaired) electrons. The van der Waals surface area contributed by atoms with Crippen LogP contribution in [0.1, 0.15) is 5.56 Å². The van der Waals surface area contributed by atoms with E-state index in [-0.39, 0.29) is 15.9 Å². The minimum atomic E-state index is -4.49. The summed E-state index contributed by atoms with van der Waals surface area (Å²) < 4.78 is 42.3. The highest BCUT2D eigenvalue weighted by atomic mass is 35.5. The molecule has 0 N–H and O–H groups in total. The van der Waals surface area contributed by atoms with Crippen molar-refractivity contribution in [2.45, 2.75) is 11.8 Å². The maximum Gasteiger partial charge on any atom is 0.424 e. The van der Waals surface area contributed by atoms with Gasteiger partial charge in [0.1, 0.15) is 10.3 Å². The molecular formula is C8H4Cl2F3NO. The molecule has 1 unspecified atom stereocenters. The van der Waals surface area contributed by atoms with E-state index in [0.717, 1.165) is 0 Å². The molecule has 15 heavy (non-hydrogen) atoms. The smallest absolute Gasteiger partial charge is 0.355 e. The molecule has 0 amide bonds. The van der Waals surface area contributed by atoms with Crippen LogP contribution in [0, 0.1) is 0 Å². The van der Waals surface area contributed by atoms with Crippen LogP contribution in [-0.2, 0) is 10.3 Å². The molecule has 1 aromatic rings. The van der Waals surface area contributed by atoms with Crippen molar-refractivity contribution in [2.24, 2.45) is 0 Å². The second-order valence-corrected chi connectivity index (χ2v) is 3.83. The Hall–Kier alpha value is -0.520. The standard InChI is InChI=1S/C8H4Cl2F3NO/c9-5-2-1-4(6(10)14-5)7(3-15-7)8(11,12)13/h1-2H,3H2. The van der Waals surface area contributed by atoms with E-state index in [0.29, 0.717) is 0 Å². The highest BCUT2D eigenvalue weighted by Gasteiger charge is 2.68. The molecule has 0 bridgehead atoms. The molecule has 1 fully saturated rings. The first-order valence-electron chi connectivity index (χ1n) is 3.90. The second-order valence-electron chi connectivity index (χ2n) is 3.09. The van der Waals surface area contributed by atoms with Crippen LogP contribution < -0.4 is 0 Å². The molecule has 7 heteroatoms. The average Bonchev–Trinajstić information content (AvgIpc) is 2.83. The molecule has 0 aromatic carbocycles. The molecule has 0 aliphatic carbocycles. The minimum absolute atomic E-state index is 0.0433. The molecule has 0 saturated carbocycles. The Morgan fingerprint density at radius 3 is 2.33 bits per heavy atom. The summed E-state index contributed by atoms with van der Waals surface area (Å²) in [6.45, 7) is -0.431. The first-order chi connectivity index (χ1) is 6.87. The third kappa shape index (κ3) is 1.68. The van der Waals surface area contributed by atoms with Gasteiger partial charge in [0.25, 0.3) is 0 Å². The summed E-state index contributed by atoms with van der Waals surface area (Å²) in [5.41, 5.74) is -2.48. The lowest BCUT2D eigenvalue weighted by Gasteiger charge is -2.16. The van der Waals surface area contributed by atoms with Gasteiger partial charge in [0.15, 0.2) is 0 Å². The number of hydrogen-bond donors (Lipinski definition) is 0. The zero-order valence-corrected chi connectivity index (χ0v) is 8.62. The zero-order valence-electron chi connectivity index (χ0n) is 7.11. The number of rotatable bonds is 1. The van der Waals surface area contributed by atoms with Crippen LogP contribution in [0.25, 0.3) is 0 Å². The predicted octanol–water partition coefficient (Wildman–Crippen LogP) is 3.18. The van der Waals surface area contributed by atoms with Crippen molar-refractivity contribution in [1.82, 2.24) is 4.98 Å². The molecule has 0 spiro atoms. The summed E-state index contributed by atoms with van der Waals surface area (Å²) in [5.74, 6) is 0. The minimum Gasteiger partial charge on any atom is -0.355 e. The lowest BCUT2D eigenvalue weighted by Crippen LogP contribution is -2.30. The average molecular weight is 258 g/mol. The number of ether oxygens (including phenoxy) is 1. The molecule has 2 rings (SSSR count). The van der Waals surface area contributed by atoms with Crippen LogP contribution in [0.4, 0.5) is 13.2 Å². The maximum atomic E-state index is 12.6. The molecule has 82 valence electrons. The summed E-state index contributed by atoms with van der Waals surface area (Å²) in [4.78, 5) is 3.54. The van der Waals surface area contributed by atoms with Crippen LogP contribution in [0.3, 0.4) is 0 Å². The van der Waals surface area contributed by atoms with Crippen molar-refractivity contribution in [1.29, 1.82) is 0 Å². The van der Waals surface area contributed by atoms with Crippen molar-refractivity contribution in [2.75, 3.05) is 6.61 Å². The quantitative estimate of drug-likeness (QED) is 0.571. The molecule has 1 aromatic heterocycles. The van der Waals surface area contributed by atoms with E-state index in [4.69, 9.17) is 23.2 Å². The highest BCUT2D eigenvalue weighted by molar-refractivity contribution is 6.32. The van der Waals surface area contributed by atoms with Gasteiger partial charge in [0.2, 0.25) is 5.60 Å². The Morgan fingerprint density at radius 1 is 1.33 bits per heavy atom. The second kappa shape index (κ2) is 3.23. The van der Waals surface area contributed by atoms with Crippen molar-refractivity contribution in [3.63, 3.8) is 0 Å². The van der Waals surface area contributed by atoms with Crippen molar-refractivity contribution < 1.29 is 17.9 Å². The molecular weight excluding hydrogens is 254 g/mol. The Kier molecular flexibility index (Phi) is 2.37. The van der Waals surface area contributed by atoms with Crippen LogP contribution in [0.5, 0.6) is 0 Å². The Bertz CT molecular complexity index is 403. The largest absolute Gasteiger partial charge is 0.424 e. The van der Waals surface area contributed by atoms with Crippen LogP contribution in [-0.4, -0.2) is 17.8 Å². The molecule has 2 nitrogen and oxygen atoms in total. The van der Waals surface area contributed by atoms with Crippen molar-refractivity contribution in [3.8, 4) is 0 Å². The monoisotopic (exact) mass is 257 g/mol. The first kappa shape index (κ1) is 11.0. The van der Waals surface area contributed by atoms with Gasteiger partial charge < -0.3 is 4.74 Å². The molecule has 1 aliphatic heterocycles. The fraction of sp³-hybridized carbons (Fsp3) is 0.375. The summed E-state index contributed by atoms with van der Waals surface area (Å²) in [6.07, 6.45) is -4.49. The number of nitrogens with zero attached hydrogens (tertiary/aromatic N) is 1. The van der Waals surface area contributed by atoms with Gasteiger partial charge in [0, 0.05) is 5.56 Å². The van der Waals surface area contributed by atoms with Crippen LogP contribution in [0.15, 0.2) is 12.1 Å². The number of halogens is 5. The highest BCUT2D eigenvalue weighted by Crippen LogP contribution is 2.53. The fourth-order valence-corrected chi connectivity index (χ4v) is 1.75. The van der Waals surface area contributed by atoms with Gasteiger partial charge in [-0.15, -0.1) is 0 Å². The van der Waals surface area contributed by atoms with E-state index in [9.17, 15) is 13.2 Å². The van der Waals surface area contributed by atoms with Crippen molar-refractivity contribution >= 4 is 23.2 Å². The lowest BCUT2D eigenvalue weighted by molar-refractivity contribution is -0.187. The molecule has 2 heterocycles. The summed E-state index contributed by atoms with van der Waals surface area (Å²) in [5, 5.41) is -0.237. The fourth-order valence-electron chi connectivity index (χ4n) is 1.26. The Balaban J connectivity index is 2.47. The van der Waals surface area contributed by atoms with Gasteiger partial charge >= 0.3 is 6.18 Å². The third-order valence-corrected chi connectivity index (χ3v) is 2.64. The van der Waals surface area contributed by atoms with E-state index >= 15 is 0 Å². The lowest BCUT2D eigenvalue weighted by atomic mass is 10.0. The Labute approximate surface area is 93.0 Å². The molecule has 1 aliphatic rings. The molecule has 1 saturated heterocycles. The van der Waals surface area contributed by atoms with Gasteiger partial charge in [-0.05, 0) is 12.1 Å². The summed E-state index contributed by atoms with van der Waals surface area (Å²) in [6, 6.07) is 2.43. The van der Waals surface area contributed by atoms with Gasteiger partial charge in [-0.25, -0.2) is 4.98 Å². The van der Waals surface area contributed by atoms with E-state index in [1.807, 2.05) is 0 Å². The van der Waals surface area contributed by atoms with Crippen LogP contribution in [0.2, 0.25) is 10.3 Å². The van der Waals surface area contributed by atoms with Crippen LogP contribution >= 0.6 is 23.2 Å². The maximum absolute atomic E-state index is 12.6. The van der Waals surface area contributed by atoms with Gasteiger partial charge in [0.05, 0.1) is 6.61 Å². The number of epoxide rings is 1. The number of alkyl halides is 3. The van der Waals surface area contributed by atoms with Crippen molar-refractivity contribution in [3.05, 3.63) is 28.0 Å². The normalized spacial score (nSPS) is 25.4. The van der Waals surface area contributed by atoms with Gasteiger partial charge in [-0.2, -0.15) is 13.2 Å². The summed E-state index contributed by atoms with van der Waals surface area (Å²) >= 11 is 11.1. The SMILES string of the molecule is FC(F)(F)C1(c2ccc(Cl)nc2Cl)CO1.